The predicted octanol–water partition coefficient (Wildman–Crippen LogP) is 2.11. The molecule has 1 aliphatic rings. The minimum absolute atomic E-state index is 0.0952. The Kier molecular flexibility index (Phi) is 2.08. The first-order chi connectivity index (χ1) is 6.26. The summed E-state index contributed by atoms with van der Waals surface area (Å²) in [4.78, 5) is 0. The van der Waals surface area contributed by atoms with Crippen molar-refractivity contribution < 1.29 is 4.39 Å². The van der Waals surface area contributed by atoms with Crippen LogP contribution >= 0.6 is 0 Å². The van der Waals surface area contributed by atoms with Crippen LogP contribution in [0.25, 0.3) is 0 Å². The monoisotopic (exact) mass is 179 g/mol. The first kappa shape index (κ1) is 8.70. The zero-order chi connectivity index (χ0) is 9.31. The van der Waals surface area contributed by atoms with Crippen LogP contribution in [0.1, 0.15) is 18.4 Å². The first-order valence-electron chi connectivity index (χ1n) is 4.69. The maximum atomic E-state index is 13.2. The van der Waals surface area contributed by atoms with E-state index in [4.69, 9.17) is 5.73 Å². The standard InChI is InChI=1S/C11H14FN/c12-10-4-2-1-3-9(10)7-11(8-13)5-6-11/h1-4H,5-8,13H2. The van der Waals surface area contributed by atoms with Gasteiger partial charge in [0, 0.05) is 0 Å². The molecule has 1 saturated carbocycles. The summed E-state index contributed by atoms with van der Waals surface area (Å²) in [5.41, 5.74) is 6.68. The van der Waals surface area contributed by atoms with Gasteiger partial charge in [-0.15, -0.1) is 0 Å². The van der Waals surface area contributed by atoms with Gasteiger partial charge in [0.15, 0.2) is 0 Å². The molecule has 0 atom stereocenters. The van der Waals surface area contributed by atoms with E-state index in [1.807, 2.05) is 12.1 Å². The summed E-state index contributed by atoms with van der Waals surface area (Å²) < 4.78 is 13.2. The van der Waals surface area contributed by atoms with E-state index in [0.29, 0.717) is 6.54 Å². The Morgan fingerprint density at radius 1 is 1.31 bits per heavy atom. The van der Waals surface area contributed by atoms with Crippen molar-refractivity contribution >= 4 is 0 Å². The lowest BCUT2D eigenvalue weighted by molar-refractivity contribution is 0.500. The highest BCUT2D eigenvalue weighted by Crippen LogP contribution is 2.47. The van der Waals surface area contributed by atoms with Crippen LogP contribution in [0.2, 0.25) is 0 Å². The molecular weight excluding hydrogens is 165 g/mol. The molecule has 0 aliphatic heterocycles. The van der Waals surface area contributed by atoms with Gasteiger partial charge in [-0.05, 0) is 42.9 Å². The topological polar surface area (TPSA) is 26.0 Å². The summed E-state index contributed by atoms with van der Waals surface area (Å²) in [5.74, 6) is -0.0952. The van der Waals surface area contributed by atoms with Crippen LogP contribution in [0.5, 0.6) is 0 Å². The smallest absolute Gasteiger partial charge is 0.126 e. The van der Waals surface area contributed by atoms with Gasteiger partial charge in [-0.2, -0.15) is 0 Å². The second-order valence-corrected chi connectivity index (χ2v) is 3.97. The number of benzene rings is 1. The lowest BCUT2D eigenvalue weighted by Crippen LogP contribution is -2.18. The molecule has 1 aromatic carbocycles. The van der Waals surface area contributed by atoms with Crippen LogP contribution < -0.4 is 5.73 Å². The second-order valence-electron chi connectivity index (χ2n) is 3.97. The summed E-state index contributed by atoms with van der Waals surface area (Å²) in [7, 11) is 0. The van der Waals surface area contributed by atoms with Gasteiger partial charge in [0.25, 0.3) is 0 Å². The number of hydrogen-bond donors (Lipinski definition) is 1. The Morgan fingerprint density at radius 3 is 2.54 bits per heavy atom. The molecule has 0 saturated heterocycles. The van der Waals surface area contributed by atoms with Gasteiger partial charge in [-0.3, -0.25) is 0 Å². The molecular formula is C11H14FN. The van der Waals surface area contributed by atoms with Crippen LogP contribution in [-0.4, -0.2) is 6.54 Å². The number of halogens is 1. The molecule has 0 spiro atoms. The Hall–Kier alpha value is -0.890. The highest BCUT2D eigenvalue weighted by Gasteiger charge is 2.41. The van der Waals surface area contributed by atoms with Crippen molar-refractivity contribution in [3.8, 4) is 0 Å². The van der Waals surface area contributed by atoms with Crippen LogP contribution in [0.4, 0.5) is 4.39 Å². The third-order valence-electron chi connectivity index (χ3n) is 2.91. The van der Waals surface area contributed by atoms with Crippen LogP contribution in [0, 0.1) is 11.2 Å². The molecule has 1 aliphatic carbocycles. The summed E-state index contributed by atoms with van der Waals surface area (Å²) in [5, 5.41) is 0. The Labute approximate surface area is 77.8 Å². The number of hydrogen-bond acceptors (Lipinski definition) is 1. The van der Waals surface area contributed by atoms with Gasteiger partial charge >= 0.3 is 0 Å². The Bertz CT molecular complexity index is 305. The van der Waals surface area contributed by atoms with E-state index in [1.165, 1.54) is 6.07 Å². The summed E-state index contributed by atoms with van der Waals surface area (Å²) in [6.07, 6.45) is 3.10. The van der Waals surface area contributed by atoms with Crippen molar-refractivity contribution in [3.05, 3.63) is 35.6 Å². The maximum Gasteiger partial charge on any atom is 0.126 e. The van der Waals surface area contributed by atoms with E-state index < -0.39 is 0 Å². The molecule has 0 radical (unpaired) electrons. The zero-order valence-corrected chi connectivity index (χ0v) is 7.59. The van der Waals surface area contributed by atoms with Gasteiger partial charge in [0.2, 0.25) is 0 Å². The van der Waals surface area contributed by atoms with Gasteiger partial charge in [-0.1, -0.05) is 18.2 Å². The van der Waals surface area contributed by atoms with Crippen molar-refractivity contribution in [2.75, 3.05) is 6.54 Å². The highest BCUT2D eigenvalue weighted by molar-refractivity contribution is 5.20. The van der Waals surface area contributed by atoms with Crippen molar-refractivity contribution in [2.24, 2.45) is 11.1 Å². The van der Waals surface area contributed by atoms with Crippen molar-refractivity contribution in [1.29, 1.82) is 0 Å². The van der Waals surface area contributed by atoms with E-state index in [1.54, 1.807) is 6.07 Å². The second kappa shape index (κ2) is 3.11. The average Bonchev–Trinajstić information content (AvgIpc) is 2.90. The minimum Gasteiger partial charge on any atom is -0.330 e. The van der Waals surface area contributed by atoms with Gasteiger partial charge in [-0.25, -0.2) is 4.39 Å². The van der Waals surface area contributed by atoms with E-state index in [0.717, 1.165) is 24.8 Å². The molecule has 0 unspecified atom stereocenters. The first-order valence-corrected chi connectivity index (χ1v) is 4.69. The molecule has 1 fully saturated rings. The maximum absolute atomic E-state index is 13.2. The number of nitrogens with two attached hydrogens (primary N) is 1. The molecule has 2 N–H and O–H groups in total. The van der Waals surface area contributed by atoms with Gasteiger partial charge in [0.1, 0.15) is 5.82 Å². The molecule has 13 heavy (non-hydrogen) atoms. The quantitative estimate of drug-likeness (QED) is 0.755. The molecule has 0 amide bonds. The third kappa shape index (κ3) is 1.73. The van der Waals surface area contributed by atoms with Crippen molar-refractivity contribution in [2.45, 2.75) is 19.3 Å². The van der Waals surface area contributed by atoms with E-state index in [2.05, 4.69) is 0 Å². The van der Waals surface area contributed by atoms with E-state index >= 15 is 0 Å². The normalized spacial score (nSPS) is 18.6. The van der Waals surface area contributed by atoms with Crippen LogP contribution in [0.15, 0.2) is 24.3 Å². The van der Waals surface area contributed by atoms with Crippen molar-refractivity contribution in [1.82, 2.24) is 0 Å². The fourth-order valence-electron chi connectivity index (χ4n) is 1.68. The summed E-state index contributed by atoms with van der Waals surface area (Å²) >= 11 is 0. The summed E-state index contributed by atoms with van der Waals surface area (Å²) in [6, 6.07) is 6.97. The van der Waals surface area contributed by atoms with Crippen LogP contribution in [0.3, 0.4) is 0 Å². The Morgan fingerprint density at radius 2 is 2.00 bits per heavy atom. The highest BCUT2D eigenvalue weighted by atomic mass is 19.1. The largest absolute Gasteiger partial charge is 0.330 e. The lowest BCUT2D eigenvalue weighted by Gasteiger charge is -2.12. The van der Waals surface area contributed by atoms with Gasteiger partial charge < -0.3 is 5.73 Å². The Balaban J connectivity index is 2.14. The average molecular weight is 179 g/mol. The molecule has 70 valence electrons. The third-order valence-corrected chi connectivity index (χ3v) is 2.91. The lowest BCUT2D eigenvalue weighted by atomic mass is 9.96. The fraction of sp³-hybridized carbons (Fsp3) is 0.455. The summed E-state index contributed by atoms with van der Waals surface area (Å²) in [6.45, 7) is 0.682. The van der Waals surface area contributed by atoms with Crippen molar-refractivity contribution in [3.63, 3.8) is 0 Å². The van der Waals surface area contributed by atoms with E-state index in [9.17, 15) is 4.39 Å². The zero-order valence-electron chi connectivity index (χ0n) is 7.59. The molecule has 2 heteroatoms. The van der Waals surface area contributed by atoms with Gasteiger partial charge in [0.05, 0.1) is 0 Å². The minimum atomic E-state index is -0.0952. The SMILES string of the molecule is NCC1(Cc2ccccc2F)CC1. The van der Waals surface area contributed by atoms with Crippen LogP contribution in [-0.2, 0) is 6.42 Å². The fourth-order valence-corrected chi connectivity index (χ4v) is 1.68. The predicted molar refractivity (Wildman–Crippen MR) is 50.8 cm³/mol. The number of rotatable bonds is 3. The molecule has 2 rings (SSSR count). The molecule has 0 heterocycles. The molecule has 0 aromatic heterocycles. The molecule has 1 aromatic rings. The molecule has 1 nitrogen and oxygen atoms in total. The van der Waals surface area contributed by atoms with E-state index in [-0.39, 0.29) is 11.2 Å². The molecule has 0 bridgehead atoms.